The fourth-order valence-electron chi connectivity index (χ4n) is 4.39. The van der Waals surface area contributed by atoms with E-state index in [1.807, 2.05) is 39.5 Å². The number of halogens is 3. The normalized spacial score (nSPS) is 16.1. The van der Waals surface area contributed by atoms with Gasteiger partial charge in [-0.25, -0.2) is 4.79 Å². The minimum absolute atomic E-state index is 0.00620. The van der Waals surface area contributed by atoms with Crippen LogP contribution in [0, 0.1) is 0 Å². The number of nitrogens with one attached hydrogen (secondary N) is 1. The molecule has 2 aromatic rings. The lowest BCUT2D eigenvalue weighted by Crippen LogP contribution is -2.50. The summed E-state index contributed by atoms with van der Waals surface area (Å²) >= 11 is 0. The van der Waals surface area contributed by atoms with Crippen LogP contribution < -0.4 is 14.4 Å². The van der Waals surface area contributed by atoms with Crippen molar-refractivity contribution in [3.8, 4) is 5.75 Å². The molecule has 1 aliphatic heterocycles. The van der Waals surface area contributed by atoms with Crippen molar-refractivity contribution in [2.24, 2.45) is 0 Å². The van der Waals surface area contributed by atoms with Crippen molar-refractivity contribution in [2.45, 2.75) is 76.7 Å². The maximum absolute atomic E-state index is 13.3. The third-order valence-electron chi connectivity index (χ3n) is 6.41. The first-order valence-corrected chi connectivity index (χ1v) is 14.7. The van der Waals surface area contributed by atoms with Gasteiger partial charge in [0, 0.05) is 49.1 Å². The number of carbonyl (C=O) groups is 1. The van der Waals surface area contributed by atoms with Crippen LogP contribution in [0.3, 0.4) is 0 Å². The molecule has 1 aliphatic rings. The van der Waals surface area contributed by atoms with Crippen LogP contribution in [-0.4, -0.2) is 57.2 Å². The maximum atomic E-state index is 13.3. The van der Waals surface area contributed by atoms with Crippen LogP contribution in [-0.2, 0) is 27.6 Å². The molecule has 3 rings (SSSR count). The van der Waals surface area contributed by atoms with E-state index in [4.69, 9.17) is 8.92 Å². The molecule has 1 atom stereocenters. The van der Waals surface area contributed by atoms with E-state index < -0.39 is 32.3 Å². The Morgan fingerprint density at radius 3 is 2.38 bits per heavy atom. The average molecular weight is 586 g/mol. The van der Waals surface area contributed by atoms with Crippen LogP contribution >= 0.6 is 0 Å². The first-order chi connectivity index (χ1) is 18.6. The van der Waals surface area contributed by atoms with Gasteiger partial charge in [-0.15, -0.1) is 0 Å². The summed E-state index contributed by atoms with van der Waals surface area (Å²) in [7, 11) is -4.64. The van der Waals surface area contributed by atoms with Gasteiger partial charge in [-0.2, -0.15) is 21.6 Å². The number of urea groups is 1. The molecule has 2 amide bonds. The Hall–Kier alpha value is -2.99. The maximum Gasteiger partial charge on any atom is 0.416 e. The Bertz CT molecular complexity index is 1270. The second kappa shape index (κ2) is 12.7. The smallest absolute Gasteiger partial charge is 0.379 e. The number of rotatable bonds is 10. The van der Waals surface area contributed by atoms with E-state index in [-0.39, 0.29) is 31.0 Å². The predicted octanol–water partition coefficient (Wildman–Crippen LogP) is 5.81. The molecule has 0 aromatic heterocycles. The van der Waals surface area contributed by atoms with Crippen LogP contribution in [0.1, 0.15) is 58.6 Å². The Kier molecular flexibility index (Phi) is 9.99. The largest absolute Gasteiger partial charge is 0.416 e. The third kappa shape index (κ3) is 8.50. The molecule has 40 heavy (non-hydrogen) atoms. The first-order valence-electron chi connectivity index (χ1n) is 13.3. The molecule has 1 saturated heterocycles. The number of nitrogens with zero attached hydrogens (tertiary/aromatic N) is 2. The average Bonchev–Trinajstić information content (AvgIpc) is 3.37. The van der Waals surface area contributed by atoms with E-state index in [0.29, 0.717) is 37.0 Å². The lowest BCUT2D eigenvalue weighted by atomic mass is 10.1. The minimum atomic E-state index is -4.72. The SMILES string of the molecule is CCN(CC)c1ccc(CN(C[C@H]2CCCO2)C(=O)NC(C)(C)C)c(OS(=O)(=O)c2cccc(C(F)(F)F)c2)c1. The zero-order valence-electron chi connectivity index (χ0n) is 23.5. The van der Waals surface area contributed by atoms with Gasteiger partial charge in [0.2, 0.25) is 0 Å². The Balaban J connectivity index is 2.02. The van der Waals surface area contributed by atoms with E-state index in [9.17, 15) is 26.4 Å². The number of alkyl halides is 3. The number of amides is 2. The molecular weight excluding hydrogens is 547 g/mol. The van der Waals surface area contributed by atoms with Gasteiger partial charge in [0.05, 0.1) is 18.2 Å². The van der Waals surface area contributed by atoms with Gasteiger partial charge in [0.15, 0.2) is 0 Å². The highest BCUT2D eigenvalue weighted by Crippen LogP contribution is 2.33. The number of hydrogen-bond acceptors (Lipinski definition) is 6. The first kappa shape index (κ1) is 31.5. The minimum Gasteiger partial charge on any atom is -0.379 e. The molecule has 1 heterocycles. The van der Waals surface area contributed by atoms with Gasteiger partial charge in [-0.3, -0.25) is 0 Å². The van der Waals surface area contributed by atoms with Gasteiger partial charge >= 0.3 is 22.3 Å². The van der Waals surface area contributed by atoms with Gasteiger partial charge in [-0.1, -0.05) is 12.1 Å². The van der Waals surface area contributed by atoms with Crippen molar-refractivity contribution in [2.75, 3.05) is 31.1 Å². The highest BCUT2D eigenvalue weighted by molar-refractivity contribution is 7.87. The van der Waals surface area contributed by atoms with Crippen molar-refractivity contribution in [1.82, 2.24) is 10.2 Å². The number of hydrogen-bond donors (Lipinski definition) is 1. The summed E-state index contributed by atoms with van der Waals surface area (Å²) in [5.41, 5.74) is -0.567. The molecule has 0 bridgehead atoms. The molecule has 0 spiro atoms. The molecule has 0 aliphatic carbocycles. The summed E-state index contributed by atoms with van der Waals surface area (Å²) in [6, 6.07) is 8.08. The van der Waals surface area contributed by atoms with Crippen molar-refractivity contribution in [3.05, 3.63) is 53.6 Å². The highest BCUT2D eigenvalue weighted by Gasteiger charge is 2.33. The molecule has 0 unspecified atom stereocenters. The zero-order valence-corrected chi connectivity index (χ0v) is 24.4. The molecular formula is C28H38F3N3O5S. The van der Waals surface area contributed by atoms with Crippen molar-refractivity contribution < 1.29 is 35.3 Å². The second-order valence-electron chi connectivity index (χ2n) is 10.7. The molecule has 1 N–H and O–H groups in total. The highest BCUT2D eigenvalue weighted by atomic mass is 32.2. The zero-order chi connectivity index (χ0) is 29.7. The van der Waals surface area contributed by atoms with E-state index in [1.54, 1.807) is 18.2 Å². The van der Waals surface area contributed by atoms with E-state index in [2.05, 4.69) is 5.32 Å². The monoisotopic (exact) mass is 585 g/mol. The van der Waals surface area contributed by atoms with Crippen LogP contribution in [0.4, 0.5) is 23.7 Å². The summed E-state index contributed by atoms with van der Waals surface area (Å²) in [6.07, 6.45) is -3.23. The van der Waals surface area contributed by atoms with Gasteiger partial charge in [0.25, 0.3) is 0 Å². The van der Waals surface area contributed by atoms with Crippen LogP contribution in [0.2, 0.25) is 0 Å². The Labute approximate surface area is 234 Å². The molecule has 222 valence electrons. The number of ether oxygens (including phenoxy) is 1. The van der Waals surface area contributed by atoms with Crippen LogP contribution in [0.25, 0.3) is 0 Å². The molecule has 0 radical (unpaired) electrons. The van der Waals surface area contributed by atoms with Crippen molar-refractivity contribution >= 4 is 21.8 Å². The summed E-state index contributed by atoms with van der Waals surface area (Å²) in [6.45, 7) is 11.6. The van der Waals surface area contributed by atoms with Crippen molar-refractivity contribution in [1.29, 1.82) is 0 Å². The lowest BCUT2D eigenvalue weighted by Gasteiger charge is -2.31. The quantitative estimate of drug-likeness (QED) is 0.354. The van der Waals surface area contributed by atoms with Crippen LogP contribution in [0.5, 0.6) is 5.75 Å². The topological polar surface area (TPSA) is 88.2 Å². The molecule has 12 heteroatoms. The fourth-order valence-corrected chi connectivity index (χ4v) is 5.39. The summed E-state index contributed by atoms with van der Waals surface area (Å²) in [4.78, 5) is 16.1. The fraction of sp³-hybridized carbons (Fsp3) is 0.536. The number of benzene rings is 2. The summed E-state index contributed by atoms with van der Waals surface area (Å²) in [5, 5.41) is 2.93. The molecule has 8 nitrogen and oxygen atoms in total. The molecule has 0 saturated carbocycles. The van der Waals surface area contributed by atoms with E-state index >= 15 is 0 Å². The van der Waals surface area contributed by atoms with Gasteiger partial charge in [0.1, 0.15) is 10.6 Å². The van der Waals surface area contributed by atoms with Crippen molar-refractivity contribution in [3.63, 3.8) is 0 Å². The van der Waals surface area contributed by atoms with Gasteiger partial charge in [-0.05, 0) is 71.7 Å². The number of carbonyl (C=O) groups excluding carboxylic acids is 1. The number of anilines is 1. The predicted molar refractivity (Wildman–Crippen MR) is 147 cm³/mol. The van der Waals surface area contributed by atoms with E-state index in [1.165, 1.54) is 4.90 Å². The summed E-state index contributed by atoms with van der Waals surface area (Å²) < 4.78 is 77.5. The molecule has 2 aromatic carbocycles. The van der Waals surface area contributed by atoms with E-state index in [0.717, 1.165) is 31.0 Å². The van der Waals surface area contributed by atoms with Crippen LogP contribution in [0.15, 0.2) is 47.4 Å². The Morgan fingerprint density at radius 1 is 1.10 bits per heavy atom. The lowest BCUT2D eigenvalue weighted by molar-refractivity contribution is -0.137. The Morgan fingerprint density at radius 2 is 1.80 bits per heavy atom. The molecule has 1 fully saturated rings. The third-order valence-corrected chi connectivity index (χ3v) is 7.64. The second-order valence-corrected chi connectivity index (χ2v) is 12.3. The standard InChI is InChI=1S/C28H38F3N3O5S/c1-6-33(7-2)22-14-13-20(18-34(19-23-11-9-15-38-23)26(35)32-27(3,4)5)25(17-22)39-40(36,37)24-12-8-10-21(16-24)28(29,30)31/h8,10,12-14,16-17,23H,6-7,9,11,15,18-19H2,1-5H3,(H,32,35)/t23-/m1/s1. The van der Waals surface area contributed by atoms with Gasteiger partial charge < -0.3 is 24.0 Å². The summed E-state index contributed by atoms with van der Waals surface area (Å²) in [5.74, 6) is -0.0669.